The van der Waals surface area contributed by atoms with Crippen LogP contribution in [0.15, 0.2) is 47.4 Å². The second-order valence-corrected chi connectivity index (χ2v) is 7.61. The van der Waals surface area contributed by atoms with Crippen molar-refractivity contribution < 1.29 is 36.2 Å². The highest BCUT2D eigenvalue weighted by atomic mass is 32.2. The zero-order chi connectivity index (χ0) is 19.7. The van der Waals surface area contributed by atoms with E-state index >= 15 is 0 Å². The Bertz CT molecular complexity index is 930. The summed E-state index contributed by atoms with van der Waals surface area (Å²) in [5.74, 6) is 1.03. The summed E-state index contributed by atoms with van der Waals surface area (Å²) >= 11 is 0. The van der Waals surface area contributed by atoms with Crippen LogP contribution in [0.2, 0.25) is 0 Å². The molecule has 6 nitrogen and oxygen atoms in total. The maximum absolute atomic E-state index is 12.7. The van der Waals surface area contributed by atoms with Crippen LogP contribution in [-0.2, 0) is 16.2 Å². The predicted octanol–water partition coefficient (Wildman–Crippen LogP) is 2.84. The molecule has 0 saturated heterocycles. The number of alkyl halides is 3. The standard InChI is InChI=1S/C17H16F3NO5S/c18-17(19,20)12-2-1-3-13(9-12)27(23,24)21-7-6-14(22)11-4-5-15-16(8-11)26-10-25-15/h1-5,8-9,14,21-22H,6-7,10H2. The molecular formula is C17H16F3NO5S. The quantitative estimate of drug-likeness (QED) is 0.775. The zero-order valence-electron chi connectivity index (χ0n) is 13.9. The fourth-order valence-corrected chi connectivity index (χ4v) is 3.63. The molecule has 2 aromatic carbocycles. The van der Waals surface area contributed by atoms with Gasteiger partial charge in [0.05, 0.1) is 16.6 Å². The number of fused-ring (bicyclic) bond motifs is 1. The molecule has 1 aliphatic heterocycles. The van der Waals surface area contributed by atoms with Crippen molar-refractivity contribution in [3.63, 3.8) is 0 Å². The van der Waals surface area contributed by atoms with Gasteiger partial charge in [0.25, 0.3) is 0 Å². The third-order valence-corrected chi connectivity index (χ3v) is 5.42. The van der Waals surface area contributed by atoms with E-state index < -0.39 is 32.8 Å². The van der Waals surface area contributed by atoms with E-state index in [4.69, 9.17) is 9.47 Å². The number of benzene rings is 2. The number of hydrogen-bond acceptors (Lipinski definition) is 5. The van der Waals surface area contributed by atoms with Gasteiger partial charge in [-0.15, -0.1) is 0 Å². The molecule has 0 spiro atoms. The van der Waals surface area contributed by atoms with E-state index in [1.54, 1.807) is 18.2 Å². The van der Waals surface area contributed by atoms with Crippen molar-refractivity contribution in [3.05, 3.63) is 53.6 Å². The Morgan fingerprint density at radius 3 is 2.59 bits per heavy atom. The molecule has 1 aliphatic rings. The molecule has 0 bridgehead atoms. The van der Waals surface area contributed by atoms with E-state index in [0.717, 1.165) is 18.2 Å². The molecule has 0 radical (unpaired) electrons. The Balaban J connectivity index is 1.62. The molecule has 3 rings (SSSR count). The fraction of sp³-hybridized carbons (Fsp3) is 0.294. The minimum absolute atomic E-state index is 0.0256. The molecule has 146 valence electrons. The van der Waals surface area contributed by atoms with Crippen LogP contribution in [-0.4, -0.2) is 26.9 Å². The van der Waals surface area contributed by atoms with Crippen molar-refractivity contribution in [1.29, 1.82) is 0 Å². The number of sulfonamides is 1. The second kappa shape index (κ2) is 7.37. The van der Waals surface area contributed by atoms with Crippen molar-refractivity contribution in [2.45, 2.75) is 23.6 Å². The average Bonchev–Trinajstić information content (AvgIpc) is 3.08. The van der Waals surface area contributed by atoms with Crippen molar-refractivity contribution in [3.8, 4) is 11.5 Å². The molecule has 1 unspecified atom stereocenters. The number of hydrogen-bond donors (Lipinski definition) is 2. The van der Waals surface area contributed by atoms with Gasteiger partial charge >= 0.3 is 6.18 Å². The smallest absolute Gasteiger partial charge is 0.416 e. The second-order valence-electron chi connectivity index (χ2n) is 5.84. The highest BCUT2D eigenvalue weighted by molar-refractivity contribution is 7.89. The van der Waals surface area contributed by atoms with E-state index in [0.29, 0.717) is 23.1 Å². The molecule has 0 amide bonds. The summed E-state index contributed by atoms with van der Waals surface area (Å²) in [6.45, 7) is -0.0696. The van der Waals surface area contributed by atoms with Crippen LogP contribution in [0.5, 0.6) is 11.5 Å². The Hall–Kier alpha value is -2.30. The molecular weight excluding hydrogens is 387 g/mol. The van der Waals surface area contributed by atoms with Gasteiger partial charge in [0.1, 0.15) is 0 Å². The summed E-state index contributed by atoms with van der Waals surface area (Å²) in [6, 6.07) is 8.31. The van der Waals surface area contributed by atoms with Gasteiger partial charge in [0.2, 0.25) is 16.8 Å². The van der Waals surface area contributed by atoms with Crippen molar-refractivity contribution in [2.24, 2.45) is 0 Å². The first-order chi connectivity index (χ1) is 12.7. The third kappa shape index (κ3) is 4.52. The van der Waals surface area contributed by atoms with Gasteiger partial charge in [-0.3, -0.25) is 0 Å². The number of aliphatic hydroxyl groups excluding tert-OH is 1. The maximum Gasteiger partial charge on any atom is 0.416 e. The highest BCUT2D eigenvalue weighted by Gasteiger charge is 2.31. The van der Waals surface area contributed by atoms with Gasteiger partial charge in [-0.05, 0) is 42.3 Å². The van der Waals surface area contributed by atoms with Gasteiger partial charge < -0.3 is 14.6 Å². The lowest BCUT2D eigenvalue weighted by Gasteiger charge is -2.13. The Kier molecular flexibility index (Phi) is 5.31. The first kappa shape index (κ1) is 19.5. The highest BCUT2D eigenvalue weighted by Crippen LogP contribution is 2.34. The van der Waals surface area contributed by atoms with E-state index in [1.807, 2.05) is 0 Å². The topological polar surface area (TPSA) is 84.9 Å². The lowest BCUT2D eigenvalue weighted by molar-refractivity contribution is -0.137. The normalized spacial score (nSPS) is 15.0. The molecule has 1 atom stereocenters. The van der Waals surface area contributed by atoms with Crippen molar-refractivity contribution in [2.75, 3.05) is 13.3 Å². The van der Waals surface area contributed by atoms with Gasteiger partial charge in [-0.1, -0.05) is 12.1 Å². The SMILES string of the molecule is O=S(=O)(NCCC(O)c1ccc2c(c1)OCO2)c1cccc(C(F)(F)F)c1. The monoisotopic (exact) mass is 403 g/mol. The van der Waals surface area contributed by atoms with Crippen LogP contribution in [0, 0.1) is 0 Å². The Labute approximate surface area is 153 Å². The molecule has 10 heteroatoms. The number of ether oxygens (including phenoxy) is 2. The lowest BCUT2D eigenvalue weighted by atomic mass is 10.1. The van der Waals surface area contributed by atoms with Gasteiger partial charge in [-0.2, -0.15) is 13.2 Å². The average molecular weight is 403 g/mol. The molecule has 0 fully saturated rings. The number of aliphatic hydroxyl groups is 1. The van der Waals surface area contributed by atoms with Crippen molar-refractivity contribution >= 4 is 10.0 Å². The number of nitrogens with one attached hydrogen (secondary N) is 1. The third-order valence-electron chi connectivity index (χ3n) is 3.96. The molecule has 0 aromatic heterocycles. The summed E-state index contributed by atoms with van der Waals surface area (Å²) in [5.41, 5.74) is -0.539. The lowest BCUT2D eigenvalue weighted by Crippen LogP contribution is -2.26. The minimum atomic E-state index is -4.64. The maximum atomic E-state index is 12.7. The first-order valence-corrected chi connectivity index (χ1v) is 9.40. The summed E-state index contributed by atoms with van der Waals surface area (Å²) in [6.07, 6.45) is -5.59. The van der Waals surface area contributed by atoms with E-state index in [9.17, 15) is 26.7 Å². The minimum Gasteiger partial charge on any atom is -0.454 e. The van der Waals surface area contributed by atoms with Gasteiger partial charge in [0, 0.05) is 6.54 Å². The number of rotatable bonds is 6. The summed E-state index contributed by atoms with van der Waals surface area (Å²) in [5, 5.41) is 10.2. The van der Waals surface area contributed by atoms with E-state index in [-0.39, 0.29) is 19.8 Å². The number of halogens is 3. The van der Waals surface area contributed by atoms with Crippen LogP contribution in [0.3, 0.4) is 0 Å². The zero-order valence-corrected chi connectivity index (χ0v) is 14.7. The molecule has 27 heavy (non-hydrogen) atoms. The van der Waals surface area contributed by atoms with Crippen LogP contribution in [0.1, 0.15) is 23.7 Å². The van der Waals surface area contributed by atoms with E-state index in [2.05, 4.69) is 4.72 Å². The van der Waals surface area contributed by atoms with Crippen molar-refractivity contribution in [1.82, 2.24) is 4.72 Å². The van der Waals surface area contributed by atoms with Gasteiger partial charge in [-0.25, -0.2) is 13.1 Å². The first-order valence-electron chi connectivity index (χ1n) is 7.91. The molecule has 0 saturated carbocycles. The van der Waals surface area contributed by atoms with Crippen LogP contribution >= 0.6 is 0 Å². The molecule has 2 N–H and O–H groups in total. The van der Waals surface area contributed by atoms with Crippen LogP contribution < -0.4 is 14.2 Å². The van der Waals surface area contributed by atoms with Crippen LogP contribution in [0.4, 0.5) is 13.2 Å². The molecule has 1 heterocycles. The predicted molar refractivity (Wildman–Crippen MR) is 88.8 cm³/mol. The summed E-state index contributed by atoms with van der Waals surface area (Å²) in [4.78, 5) is -0.491. The fourth-order valence-electron chi connectivity index (χ4n) is 2.54. The summed E-state index contributed by atoms with van der Waals surface area (Å²) < 4.78 is 75.1. The van der Waals surface area contributed by atoms with E-state index in [1.165, 1.54) is 0 Å². The summed E-state index contributed by atoms with van der Waals surface area (Å²) in [7, 11) is -4.14. The molecule has 0 aliphatic carbocycles. The largest absolute Gasteiger partial charge is 0.454 e. The Morgan fingerprint density at radius 2 is 1.85 bits per heavy atom. The Morgan fingerprint density at radius 1 is 1.11 bits per heavy atom. The molecule has 2 aromatic rings. The van der Waals surface area contributed by atoms with Gasteiger partial charge in [0.15, 0.2) is 11.5 Å². The van der Waals surface area contributed by atoms with Crippen LogP contribution in [0.25, 0.3) is 0 Å².